The summed E-state index contributed by atoms with van der Waals surface area (Å²) in [7, 11) is 0. The van der Waals surface area contributed by atoms with Crippen LogP contribution < -0.4 is 0 Å². The highest BCUT2D eigenvalue weighted by molar-refractivity contribution is 7.25. The topological polar surface area (TPSA) is 22.8 Å². The van der Waals surface area contributed by atoms with Crippen LogP contribution in [0.3, 0.4) is 0 Å². The molecule has 220 valence electrons. The normalized spacial score (nSPS) is 11.8. The van der Waals surface area contributed by atoms with Crippen molar-refractivity contribution in [1.82, 2.24) is 14.1 Å². The van der Waals surface area contributed by atoms with Gasteiger partial charge in [-0.2, -0.15) is 0 Å². The minimum Gasteiger partial charge on any atom is -0.316 e. The summed E-state index contributed by atoms with van der Waals surface area (Å²) in [6.45, 7) is 0. The molecule has 0 spiro atoms. The number of para-hydroxylation sites is 1. The van der Waals surface area contributed by atoms with E-state index in [9.17, 15) is 0 Å². The van der Waals surface area contributed by atoms with Gasteiger partial charge in [0.15, 0.2) is 0 Å². The van der Waals surface area contributed by atoms with Gasteiger partial charge in [-0.1, -0.05) is 97.1 Å². The van der Waals surface area contributed by atoms with Gasteiger partial charge in [-0.05, 0) is 71.8 Å². The Labute approximate surface area is 275 Å². The minimum atomic E-state index is 0.905. The smallest absolute Gasteiger partial charge is 0.138 e. The lowest BCUT2D eigenvalue weighted by Crippen LogP contribution is -2.00. The van der Waals surface area contributed by atoms with Crippen LogP contribution >= 0.6 is 11.3 Å². The van der Waals surface area contributed by atoms with Crippen molar-refractivity contribution in [2.45, 2.75) is 0 Å². The third kappa shape index (κ3) is 4.16. The van der Waals surface area contributed by atoms with Crippen molar-refractivity contribution >= 4 is 64.2 Å². The van der Waals surface area contributed by atoms with E-state index in [1.807, 2.05) is 11.3 Å². The van der Waals surface area contributed by atoms with Crippen LogP contribution in [0.5, 0.6) is 0 Å². The van der Waals surface area contributed by atoms with Gasteiger partial charge in [-0.3, -0.25) is 4.57 Å². The molecule has 0 N–H and O–H groups in total. The fourth-order valence-electron chi connectivity index (χ4n) is 7.11. The van der Waals surface area contributed by atoms with Crippen molar-refractivity contribution in [3.63, 3.8) is 0 Å². The van der Waals surface area contributed by atoms with E-state index in [4.69, 9.17) is 4.98 Å². The zero-order valence-electron chi connectivity index (χ0n) is 25.3. The first-order valence-electron chi connectivity index (χ1n) is 15.9. The summed E-state index contributed by atoms with van der Waals surface area (Å²) in [5.41, 5.74) is 8.97. The van der Waals surface area contributed by atoms with E-state index in [0.717, 1.165) is 39.4 Å². The maximum Gasteiger partial charge on any atom is 0.138 e. The van der Waals surface area contributed by atoms with E-state index in [1.165, 1.54) is 47.4 Å². The third-order valence-corrected chi connectivity index (χ3v) is 10.5. The Balaban J connectivity index is 1.34. The highest BCUT2D eigenvalue weighted by Gasteiger charge is 2.19. The molecule has 0 aliphatic carbocycles. The molecule has 0 saturated carbocycles. The molecule has 0 amide bonds. The van der Waals surface area contributed by atoms with Crippen molar-refractivity contribution in [2.24, 2.45) is 0 Å². The second kappa shape index (κ2) is 10.3. The van der Waals surface area contributed by atoms with Crippen molar-refractivity contribution in [1.29, 1.82) is 0 Å². The van der Waals surface area contributed by atoms with E-state index >= 15 is 0 Å². The van der Waals surface area contributed by atoms with Crippen LogP contribution in [0.1, 0.15) is 0 Å². The summed E-state index contributed by atoms with van der Waals surface area (Å²) in [6, 6.07) is 56.6. The van der Waals surface area contributed by atoms with Crippen LogP contribution in [0.25, 0.3) is 86.8 Å². The molecular weight excluding hydrogens is 591 g/mol. The van der Waals surface area contributed by atoms with Gasteiger partial charge in [0, 0.05) is 53.8 Å². The number of pyridine rings is 1. The van der Waals surface area contributed by atoms with E-state index in [-0.39, 0.29) is 0 Å². The minimum absolute atomic E-state index is 0.905. The van der Waals surface area contributed by atoms with Crippen molar-refractivity contribution in [2.75, 3.05) is 0 Å². The largest absolute Gasteiger partial charge is 0.316 e. The van der Waals surface area contributed by atoms with Gasteiger partial charge in [0.25, 0.3) is 0 Å². The fourth-order valence-corrected chi connectivity index (χ4v) is 8.23. The lowest BCUT2D eigenvalue weighted by Gasteiger charge is -2.13. The van der Waals surface area contributed by atoms with Crippen LogP contribution in [-0.2, 0) is 0 Å². The van der Waals surface area contributed by atoms with Gasteiger partial charge in [0.1, 0.15) is 5.82 Å². The molecule has 3 nitrogen and oxygen atoms in total. The highest BCUT2D eigenvalue weighted by Crippen LogP contribution is 2.42. The SMILES string of the molecule is c1ccc(-c2cc(-c3ccccc3)nc(-n3c4cc5sc6ccccc6c5cc4c4cc5ccn(-c6ccccc6)c5cc43)c2)cc1. The van der Waals surface area contributed by atoms with Crippen molar-refractivity contribution in [3.05, 3.63) is 164 Å². The molecule has 4 aromatic heterocycles. The molecule has 0 aliphatic heterocycles. The maximum atomic E-state index is 5.40. The summed E-state index contributed by atoms with van der Waals surface area (Å²) in [5, 5.41) is 6.28. The molecule has 10 rings (SSSR count). The second-order valence-electron chi connectivity index (χ2n) is 12.1. The van der Waals surface area contributed by atoms with Gasteiger partial charge >= 0.3 is 0 Å². The number of thiophene rings is 1. The van der Waals surface area contributed by atoms with Gasteiger partial charge in [0.05, 0.1) is 22.2 Å². The number of fused-ring (bicyclic) bond motifs is 7. The predicted molar refractivity (Wildman–Crippen MR) is 199 cm³/mol. The predicted octanol–water partition coefficient (Wildman–Crippen LogP) is 11.8. The van der Waals surface area contributed by atoms with E-state index in [2.05, 4.69) is 173 Å². The van der Waals surface area contributed by atoms with Crippen LogP contribution in [0.4, 0.5) is 0 Å². The molecular formula is C43H27N3S. The second-order valence-corrected chi connectivity index (χ2v) is 13.2. The lowest BCUT2D eigenvalue weighted by atomic mass is 10.0. The Bertz CT molecular complexity index is 2710. The molecule has 0 fully saturated rings. The van der Waals surface area contributed by atoms with Crippen LogP contribution in [-0.4, -0.2) is 14.1 Å². The Kier molecular flexibility index (Phi) is 5.74. The summed E-state index contributed by atoms with van der Waals surface area (Å²) in [6.07, 6.45) is 2.18. The van der Waals surface area contributed by atoms with E-state index in [1.54, 1.807) is 0 Å². The molecule has 4 heteroatoms. The maximum absolute atomic E-state index is 5.40. The number of nitrogens with zero attached hydrogens (tertiary/aromatic N) is 3. The fraction of sp³-hybridized carbons (Fsp3) is 0. The molecule has 0 radical (unpaired) electrons. The van der Waals surface area contributed by atoms with E-state index in [0.29, 0.717) is 0 Å². The summed E-state index contributed by atoms with van der Waals surface area (Å²) in [4.78, 5) is 5.40. The molecule has 0 atom stereocenters. The van der Waals surface area contributed by atoms with Crippen molar-refractivity contribution in [3.8, 4) is 33.9 Å². The van der Waals surface area contributed by atoms with Gasteiger partial charge < -0.3 is 4.57 Å². The number of rotatable bonds is 4. The van der Waals surface area contributed by atoms with Gasteiger partial charge in [0.2, 0.25) is 0 Å². The number of hydrogen-bond acceptors (Lipinski definition) is 2. The Morgan fingerprint density at radius 1 is 0.447 bits per heavy atom. The first-order valence-corrected chi connectivity index (χ1v) is 16.7. The number of hydrogen-bond donors (Lipinski definition) is 0. The van der Waals surface area contributed by atoms with Crippen LogP contribution in [0, 0.1) is 0 Å². The third-order valence-electron chi connectivity index (χ3n) is 9.33. The standard InChI is InChI=1S/C43H27N3S/c1-4-12-28(13-5-1)31-23-37(29-14-6-2-7-15-29)44-43(24-31)46-39-26-38-30(20-21-45(38)32-16-8-3-9-17-32)22-34(39)35-25-36-33-18-10-11-19-41(33)47-42(36)27-40(35)46/h1-27H. The molecule has 0 saturated heterocycles. The quantitative estimate of drug-likeness (QED) is 0.193. The first kappa shape index (κ1) is 26.3. The lowest BCUT2D eigenvalue weighted by molar-refractivity contribution is 1.08. The molecule has 0 unspecified atom stereocenters. The van der Waals surface area contributed by atoms with E-state index < -0.39 is 0 Å². The summed E-state index contributed by atoms with van der Waals surface area (Å²) < 4.78 is 7.26. The molecule has 6 aromatic carbocycles. The Morgan fingerprint density at radius 3 is 1.94 bits per heavy atom. The Morgan fingerprint density at radius 2 is 1.13 bits per heavy atom. The molecule has 4 heterocycles. The molecule has 0 bridgehead atoms. The van der Waals surface area contributed by atoms with Gasteiger partial charge in [-0.15, -0.1) is 11.3 Å². The number of benzene rings is 6. The molecule has 47 heavy (non-hydrogen) atoms. The number of aromatic nitrogens is 3. The van der Waals surface area contributed by atoms with Gasteiger partial charge in [-0.25, -0.2) is 4.98 Å². The molecule has 0 aliphatic rings. The Hall–Kier alpha value is -5.97. The van der Waals surface area contributed by atoms with Crippen molar-refractivity contribution < 1.29 is 0 Å². The average molecular weight is 618 g/mol. The van der Waals surface area contributed by atoms with Crippen LogP contribution in [0.15, 0.2) is 164 Å². The summed E-state index contributed by atoms with van der Waals surface area (Å²) in [5.74, 6) is 0.905. The first-order chi connectivity index (χ1) is 23.3. The van der Waals surface area contributed by atoms with Crippen LogP contribution in [0.2, 0.25) is 0 Å². The highest BCUT2D eigenvalue weighted by atomic mass is 32.1. The average Bonchev–Trinajstić information content (AvgIpc) is 3.81. The molecule has 10 aromatic rings. The zero-order valence-corrected chi connectivity index (χ0v) is 26.2. The summed E-state index contributed by atoms with van der Waals surface area (Å²) >= 11 is 1.86. The monoisotopic (exact) mass is 617 g/mol. The zero-order chi connectivity index (χ0) is 30.9.